The summed E-state index contributed by atoms with van der Waals surface area (Å²) in [5.74, 6) is -2.34. The molecule has 0 bridgehead atoms. The predicted octanol–water partition coefficient (Wildman–Crippen LogP) is 5.69. The number of ketones is 1. The Morgan fingerprint density at radius 3 is 2.60 bits per heavy atom. The van der Waals surface area contributed by atoms with Gasteiger partial charge in [0.2, 0.25) is 0 Å². The van der Waals surface area contributed by atoms with Crippen molar-refractivity contribution in [2.75, 3.05) is 12.0 Å². The Morgan fingerprint density at radius 2 is 1.86 bits per heavy atom. The Kier molecular flexibility index (Phi) is 5.61. The van der Waals surface area contributed by atoms with Crippen LogP contribution in [0.3, 0.4) is 0 Å². The Balaban J connectivity index is 1.76. The van der Waals surface area contributed by atoms with Crippen molar-refractivity contribution in [1.29, 1.82) is 0 Å². The number of benzene rings is 3. The highest BCUT2D eigenvalue weighted by Gasteiger charge is 2.49. The number of rotatable bonds is 4. The van der Waals surface area contributed by atoms with Crippen molar-refractivity contribution in [2.24, 2.45) is 0 Å². The Morgan fingerprint density at radius 1 is 1.09 bits per heavy atom. The van der Waals surface area contributed by atoms with Crippen LogP contribution < -0.4 is 9.64 Å². The fourth-order valence-electron chi connectivity index (χ4n) is 4.41. The van der Waals surface area contributed by atoms with Gasteiger partial charge in [-0.1, -0.05) is 47.7 Å². The van der Waals surface area contributed by atoms with Crippen molar-refractivity contribution in [2.45, 2.75) is 19.9 Å². The second kappa shape index (κ2) is 8.63. The molecule has 1 aromatic heterocycles. The molecule has 0 aliphatic carbocycles. The van der Waals surface area contributed by atoms with E-state index < -0.39 is 29.3 Å². The quantitative estimate of drug-likeness (QED) is 0.227. The van der Waals surface area contributed by atoms with Gasteiger partial charge in [-0.05, 0) is 49.2 Å². The van der Waals surface area contributed by atoms with E-state index in [1.165, 1.54) is 41.5 Å². The minimum absolute atomic E-state index is 0.0864. The van der Waals surface area contributed by atoms with Gasteiger partial charge in [0.1, 0.15) is 23.4 Å². The summed E-state index contributed by atoms with van der Waals surface area (Å²) in [6, 6.07) is 15.1. The number of halogens is 1. The monoisotopic (exact) mass is 488 g/mol. The number of Topliss-reactive ketones (excluding diaryl/α,β-unsaturated/α-hetero) is 1. The molecule has 1 fully saturated rings. The van der Waals surface area contributed by atoms with Gasteiger partial charge < -0.3 is 9.84 Å². The molecule has 1 N–H and O–H groups in total. The lowest BCUT2D eigenvalue weighted by Gasteiger charge is -2.23. The van der Waals surface area contributed by atoms with E-state index in [1.54, 1.807) is 30.3 Å². The van der Waals surface area contributed by atoms with Crippen molar-refractivity contribution >= 4 is 44.1 Å². The van der Waals surface area contributed by atoms with E-state index in [4.69, 9.17) is 4.74 Å². The van der Waals surface area contributed by atoms with Gasteiger partial charge in [0.15, 0.2) is 5.13 Å². The van der Waals surface area contributed by atoms with Gasteiger partial charge in [-0.25, -0.2) is 9.37 Å². The number of hydrogen-bond donors (Lipinski definition) is 1. The number of fused-ring (bicyclic) bond motifs is 1. The van der Waals surface area contributed by atoms with E-state index >= 15 is 4.39 Å². The van der Waals surface area contributed by atoms with Crippen LogP contribution in [0.5, 0.6) is 5.75 Å². The SMILES string of the molecule is COc1cccc(/C(O)=C2\C(=O)C(=O)N(c3nc4c(C)cc(C)cc4s3)[C@H]2c2ccccc2F)c1. The number of methoxy groups -OCH3 is 1. The Labute approximate surface area is 204 Å². The molecule has 2 heterocycles. The number of thiazole rings is 1. The highest BCUT2D eigenvalue weighted by molar-refractivity contribution is 7.22. The number of nitrogens with zero attached hydrogens (tertiary/aromatic N) is 2. The summed E-state index contributed by atoms with van der Waals surface area (Å²) in [4.78, 5) is 32.5. The summed E-state index contributed by atoms with van der Waals surface area (Å²) in [6.45, 7) is 3.88. The average Bonchev–Trinajstić information content (AvgIpc) is 3.37. The lowest BCUT2D eigenvalue weighted by atomic mass is 9.95. The molecule has 1 saturated heterocycles. The van der Waals surface area contributed by atoms with Gasteiger partial charge in [0.25, 0.3) is 5.78 Å². The predicted molar refractivity (Wildman–Crippen MR) is 133 cm³/mol. The average molecular weight is 489 g/mol. The topological polar surface area (TPSA) is 79.7 Å². The van der Waals surface area contributed by atoms with Crippen LogP contribution in [-0.4, -0.2) is 28.9 Å². The fraction of sp³-hybridized carbons (Fsp3) is 0.148. The Hall–Kier alpha value is -4.04. The van der Waals surface area contributed by atoms with E-state index in [9.17, 15) is 14.7 Å². The number of carbonyl (C=O) groups is 2. The van der Waals surface area contributed by atoms with Crippen LogP contribution in [0.15, 0.2) is 66.2 Å². The van der Waals surface area contributed by atoms with E-state index in [0.29, 0.717) is 11.3 Å². The van der Waals surface area contributed by atoms with Crippen molar-refractivity contribution in [1.82, 2.24) is 4.98 Å². The summed E-state index contributed by atoms with van der Waals surface area (Å²) in [5.41, 5.74) is 2.83. The first kappa shape index (κ1) is 22.7. The maximum Gasteiger partial charge on any atom is 0.301 e. The van der Waals surface area contributed by atoms with Crippen LogP contribution in [0.25, 0.3) is 16.0 Å². The molecule has 1 aliphatic heterocycles. The zero-order valence-corrected chi connectivity index (χ0v) is 20.0. The molecule has 3 aromatic carbocycles. The molecule has 1 amide bonds. The van der Waals surface area contributed by atoms with Gasteiger partial charge >= 0.3 is 5.91 Å². The summed E-state index contributed by atoms with van der Waals surface area (Å²) in [5, 5.41) is 11.5. The number of aryl methyl sites for hydroxylation is 2. The van der Waals surface area contributed by atoms with Gasteiger partial charge in [0, 0.05) is 11.1 Å². The van der Waals surface area contributed by atoms with E-state index in [1.807, 2.05) is 26.0 Å². The number of aromatic nitrogens is 1. The van der Waals surface area contributed by atoms with Crippen LogP contribution in [-0.2, 0) is 9.59 Å². The summed E-state index contributed by atoms with van der Waals surface area (Å²) in [6.07, 6.45) is 0. The summed E-state index contributed by atoms with van der Waals surface area (Å²) < 4.78 is 21.1. The molecule has 176 valence electrons. The smallest absolute Gasteiger partial charge is 0.301 e. The van der Waals surface area contributed by atoms with Crippen LogP contribution in [0.2, 0.25) is 0 Å². The van der Waals surface area contributed by atoms with Crippen molar-refractivity contribution in [3.05, 3.63) is 94.3 Å². The number of aliphatic hydroxyl groups excluding tert-OH is 1. The minimum Gasteiger partial charge on any atom is -0.507 e. The van der Waals surface area contributed by atoms with Crippen LogP contribution in [0, 0.1) is 19.7 Å². The standard InChI is InChI=1S/C27H21FN2O4S/c1-14-11-15(2)22-20(12-14)35-27(29-22)30-23(18-9-4-5-10-19(18)28)21(25(32)26(30)33)24(31)16-7-6-8-17(13-16)34-3/h4-13,23,31H,1-3H3/b24-21+/t23-/m0/s1. The van der Waals surface area contributed by atoms with E-state index in [-0.39, 0.29) is 21.8 Å². The Bertz CT molecular complexity index is 1540. The molecule has 1 atom stereocenters. The van der Waals surface area contributed by atoms with E-state index in [0.717, 1.165) is 15.8 Å². The lowest BCUT2D eigenvalue weighted by molar-refractivity contribution is -0.132. The highest BCUT2D eigenvalue weighted by atomic mass is 32.1. The van der Waals surface area contributed by atoms with Crippen LogP contribution in [0.1, 0.15) is 28.3 Å². The number of anilines is 1. The number of hydrogen-bond acceptors (Lipinski definition) is 6. The second-order valence-corrected chi connectivity index (χ2v) is 9.36. The number of ether oxygens (including phenoxy) is 1. The zero-order chi connectivity index (χ0) is 24.9. The molecule has 5 rings (SSSR count). The largest absolute Gasteiger partial charge is 0.507 e. The fourth-order valence-corrected chi connectivity index (χ4v) is 5.58. The number of amides is 1. The first-order valence-corrected chi connectivity index (χ1v) is 11.7. The van der Waals surface area contributed by atoms with Crippen molar-refractivity contribution in [3.8, 4) is 5.75 Å². The first-order valence-electron chi connectivity index (χ1n) is 10.9. The molecule has 1 aliphatic rings. The third-order valence-corrected chi connectivity index (χ3v) is 7.01. The second-order valence-electron chi connectivity index (χ2n) is 8.35. The zero-order valence-electron chi connectivity index (χ0n) is 19.2. The lowest BCUT2D eigenvalue weighted by Crippen LogP contribution is -2.29. The summed E-state index contributed by atoms with van der Waals surface area (Å²) in [7, 11) is 1.48. The van der Waals surface area contributed by atoms with Crippen LogP contribution in [0.4, 0.5) is 9.52 Å². The third kappa shape index (κ3) is 3.76. The molecular weight excluding hydrogens is 467 g/mol. The molecule has 0 saturated carbocycles. The number of carbonyl (C=O) groups excluding carboxylic acids is 2. The molecular formula is C27H21FN2O4S. The molecule has 0 radical (unpaired) electrons. The molecule has 0 unspecified atom stereocenters. The molecule has 6 nitrogen and oxygen atoms in total. The molecule has 0 spiro atoms. The number of aliphatic hydroxyl groups is 1. The highest BCUT2D eigenvalue weighted by Crippen LogP contribution is 2.45. The molecule has 35 heavy (non-hydrogen) atoms. The first-order chi connectivity index (χ1) is 16.8. The summed E-state index contributed by atoms with van der Waals surface area (Å²) >= 11 is 1.24. The minimum atomic E-state index is -1.19. The van der Waals surface area contributed by atoms with Gasteiger partial charge in [-0.15, -0.1) is 0 Å². The van der Waals surface area contributed by atoms with Crippen molar-refractivity contribution < 1.29 is 23.8 Å². The molecule has 8 heteroatoms. The third-order valence-electron chi connectivity index (χ3n) is 6.01. The molecule has 4 aromatic rings. The van der Waals surface area contributed by atoms with Gasteiger partial charge in [0.05, 0.1) is 22.9 Å². The van der Waals surface area contributed by atoms with Crippen LogP contribution >= 0.6 is 11.3 Å². The van der Waals surface area contributed by atoms with Gasteiger partial charge in [-0.3, -0.25) is 14.5 Å². The van der Waals surface area contributed by atoms with Crippen molar-refractivity contribution in [3.63, 3.8) is 0 Å². The normalized spacial score (nSPS) is 17.4. The maximum absolute atomic E-state index is 15.1. The maximum atomic E-state index is 15.1. The van der Waals surface area contributed by atoms with Gasteiger partial charge in [-0.2, -0.15) is 0 Å². The van der Waals surface area contributed by atoms with E-state index in [2.05, 4.69) is 4.98 Å².